The molecule has 0 amide bonds. The van der Waals surface area contributed by atoms with E-state index in [4.69, 9.17) is 23.2 Å². The zero-order valence-corrected chi connectivity index (χ0v) is 13.5. The van der Waals surface area contributed by atoms with E-state index in [1.54, 1.807) is 6.20 Å². The third-order valence-electron chi connectivity index (χ3n) is 3.50. The second-order valence-electron chi connectivity index (χ2n) is 4.69. The van der Waals surface area contributed by atoms with Gasteiger partial charge in [0.15, 0.2) is 5.65 Å². The lowest BCUT2D eigenvalue weighted by atomic mass is 10.3. The Hall–Kier alpha value is -0.840. The lowest BCUT2D eigenvalue weighted by molar-refractivity contribution is 0.293. The van der Waals surface area contributed by atoms with Crippen LogP contribution in [-0.4, -0.2) is 39.1 Å². The number of imidazole rings is 1. The summed E-state index contributed by atoms with van der Waals surface area (Å²) in [7, 11) is 0. The van der Waals surface area contributed by atoms with Gasteiger partial charge in [-0.25, -0.2) is 9.97 Å². The molecule has 0 aliphatic rings. The van der Waals surface area contributed by atoms with Crippen molar-refractivity contribution in [3.8, 4) is 0 Å². The topological polar surface area (TPSA) is 34.0 Å². The molecule has 0 unspecified atom stereocenters. The predicted molar refractivity (Wildman–Crippen MR) is 84.5 cm³/mol. The highest BCUT2D eigenvalue weighted by Crippen LogP contribution is 2.19. The van der Waals surface area contributed by atoms with E-state index in [1.165, 1.54) is 0 Å². The Morgan fingerprint density at radius 1 is 1.30 bits per heavy atom. The van der Waals surface area contributed by atoms with Crippen molar-refractivity contribution in [1.82, 2.24) is 19.4 Å². The molecule has 2 aromatic heterocycles. The number of hydrogen-bond acceptors (Lipinski definition) is 3. The number of alkyl halides is 1. The molecule has 2 aromatic rings. The van der Waals surface area contributed by atoms with Crippen LogP contribution in [-0.2, 0) is 12.4 Å². The van der Waals surface area contributed by atoms with Crippen LogP contribution < -0.4 is 0 Å². The van der Waals surface area contributed by atoms with Crippen molar-refractivity contribution in [2.24, 2.45) is 0 Å². The molecule has 0 saturated heterocycles. The second-order valence-corrected chi connectivity index (χ2v) is 5.39. The van der Waals surface area contributed by atoms with Gasteiger partial charge in [0, 0.05) is 12.7 Å². The Bertz CT molecular complexity index is 564. The smallest absolute Gasteiger partial charge is 0.160 e. The molecule has 4 nitrogen and oxygen atoms in total. The predicted octanol–water partition coefficient (Wildman–Crippen LogP) is 3.56. The van der Waals surface area contributed by atoms with Gasteiger partial charge in [0.25, 0.3) is 0 Å². The summed E-state index contributed by atoms with van der Waals surface area (Å²) in [5, 5.41) is 0.603. The van der Waals surface area contributed by atoms with E-state index in [1.807, 2.05) is 6.07 Å². The number of aryl methyl sites for hydroxylation is 1. The zero-order valence-electron chi connectivity index (χ0n) is 11.9. The quantitative estimate of drug-likeness (QED) is 0.733. The molecule has 110 valence electrons. The molecule has 0 atom stereocenters. The van der Waals surface area contributed by atoms with Gasteiger partial charge in [0.1, 0.15) is 11.3 Å². The van der Waals surface area contributed by atoms with E-state index in [2.05, 4.69) is 33.3 Å². The SMILES string of the molecule is CCN(CC)CCCn1c(CCl)nc2cc(Cl)cnc21. The Kier molecular flexibility index (Phi) is 5.64. The molecule has 0 spiro atoms. The lowest BCUT2D eigenvalue weighted by Gasteiger charge is -2.18. The van der Waals surface area contributed by atoms with Gasteiger partial charge < -0.3 is 9.47 Å². The third kappa shape index (κ3) is 3.43. The monoisotopic (exact) mass is 314 g/mol. The maximum absolute atomic E-state index is 5.98. The molecule has 6 heteroatoms. The van der Waals surface area contributed by atoms with E-state index in [9.17, 15) is 0 Å². The maximum atomic E-state index is 5.98. The molecule has 0 radical (unpaired) electrons. The van der Waals surface area contributed by atoms with Gasteiger partial charge in [-0.2, -0.15) is 0 Å². The average molecular weight is 315 g/mol. The zero-order chi connectivity index (χ0) is 14.5. The van der Waals surface area contributed by atoms with E-state index < -0.39 is 0 Å². The molecule has 0 saturated carbocycles. The van der Waals surface area contributed by atoms with Crippen molar-refractivity contribution in [2.75, 3.05) is 19.6 Å². The normalized spacial score (nSPS) is 11.7. The summed E-state index contributed by atoms with van der Waals surface area (Å²) in [4.78, 5) is 11.3. The van der Waals surface area contributed by atoms with Crippen molar-refractivity contribution in [3.63, 3.8) is 0 Å². The highest BCUT2D eigenvalue weighted by molar-refractivity contribution is 6.31. The van der Waals surface area contributed by atoms with E-state index in [0.717, 1.165) is 49.6 Å². The molecule has 0 bridgehead atoms. The van der Waals surface area contributed by atoms with E-state index in [-0.39, 0.29) is 0 Å². The summed E-state index contributed by atoms with van der Waals surface area (Å²) in [5.41, 5.74) is 1.68. The van der Waals surface area contributed by atoms with Crippen molar-refractivity contribution in [1.29, 1.82) is 0 Å². The van der Waals surface area contributed by atoms with Crippen LogP contribution in [0.5, 0.6) is 0 Å². The molecule has 0 aromatic carbocycles. The summed E-state index contributed by atoms with van der Waals surface area (Å²) < 4.78 is 2.10. The number of rotatable bonds is 7. The number of fused-ring (bicyclic) bond motifs is 1. The van der Waals surface area contributed by atoms with E-state index in [0.29, 0.717) is 10.9 Å². The molecule has 2 heterocycles. The molecule has 0 fully saturated rings. The molecular weight excluding hydrogens is 295 g/mol. The minimum Gasteiger partial charge on any atom is -0.312 e. The van der Waals surface area contributed by atoms with Crippen LogP contribution >= 0.6 is 23.2 Å². The summed E-state index contributed by atoms with van der Waals surface area (Å²) in [6.45, 7) is 8.48. The minimum atomic E-state index is 0.388. The van der Waals surface area contributed by atoms with Crippen LogP contribution in [0.15, 0.2) is 12.3 Å². The first-order valence-corrected chi connectivity index (χ1v) is 7.89. The fraction of sp³-hybridized carbons (Fsp3) is 0.571. The molecule has 2 rings (SSSR count). The van der Waals surface area contributed by atoms with Gasteiger partial charge >= 0.3 is 0 Å². The second kappa shape index (κ2) is 7.25. The largest absolute Gasteiger partial charge is 0.312 e. The van der Waals surface area contributed by atoms with Gasteiger partial charge in [-0.05, 0) is 32.1 Å². The highest BCUT2D eigenvalue weighted by atomic mass is 35.5. The summed E-state index contributed by atoms with van der Waals surface area (Å²) in [5.74, 6) is 1.25. The number of hydrogen-bond donors (Lipinski definition) is 0. The number of nitrogens with zero attached hydrogens (tertiary/aromatic N) is 4. The number of aromatic nitrogens is 3. The fourth-order valence-corrected chi connectivity index (χ4v) is 2.72. The Balaban J connectivity index is 2.15. The van der Waals surface area contributed by atoms with Crippen molar-refractivity contribution >= 4 is 34.4 Å². The standard InChI is InChI=1S/C14H20Cl2N4/c1-3-19(4-2)6-5-7-20-13(9-15)18-12-8-11(16)10-17-14(12)20/h8,10H,3-7,9H2,1-2H3. The van der Waals surface area contributed by atoms with Crippen LogP contribution in [0.2, 0.25) is 5.02 Å². The van der Waals surface area contributed by atoms with Gasteiger partial charge in [-0.1, -0.05) is 25.4 Å². The molecule has 20 heavy (non-hydrogen) atoms. The average Bonchev–Trinajstić information content (AvgIpc) is 2.80. The Labute approximate surface area is 129 Å². The van der Waals surface area contributed by atoms with Crippen LogP contribution in [0.4, 0.5) is 0 Å². The fourth-order valence-electron chi connectivity index (χ4n) is 2.36. The lowest BCUT2D eigenvalue weighted by Crippen LogP contribution is -2.25. The third-order valence-corrected chi connectivity index (χ3v) is 3.95. The Morgan fingerprint density at radius 2 is 2.05 bits per heavy atom. The van der Waals surface area contributed by atoms with Crippen molar-refractivity contribution in [2.45, 2.75) is 32.7 Å². The summed E-state index contributed by atoms with van der Waals surface area (Å²) in [6, 6.07) is 1.83. The Morgan fingerprint density at radius 3 is 2.70 bits per heavy atom. The van der Waals surface area contributed by atoms with Crippen LogP contribution in [0.1, 0.15) is 26.1 Å². The van der Waals surface area contributed by atoms with Crippen LogP contribution in [0.3, 0.4) is 0 Å². The minimum absolute atomic E-state index is 0.388. The first-order valence-electron chi connectivity index (χ1n) is 6.98. The van der Waals surface area contributed by atoms with E-state index >= 15 is 0 Å². The summed E-state index contributed by atoms with van der Waals surface area (Å²) >= 11 is 11.9. The summed E-state index contributed by atoms with van der Waals surface area (Å²) in [6.07, 6.45) is 2.71. The van der Waals surface area contributed by atoms with Gasteiger partial charge in [0.2, 0.25) is 0 Å². The molecule has 0 N–H and O–H groups in total. The highest BCUT2D eigenvalue weighted by Gasteiger charge is 2.11. The molecular formula is C14H20Cl2N4. The number of halogens is 2. The van der Waals surface area contributed by atoms with Gasteiger partial charge in [-0.15, -0.1) is 11.6 Å². The van der Waals surface area contributed by atoms with Gasteiger partial charge in [0.05, 0.1) is 10.9 Å². The molecule has 0 aliphatic carbocycles. The number of pyridine rings is 1. The maximum Gasteiger partial charge on any atom is 0.160 e. The van der Waals surface area contributed by atoms with Gasteiger partial charge in [-0.3, -0.25) is 0 Å². The first kappa shape index (κ1) is 15.5. The molecule has 0 aliphatic heterocycles. The first-order chi connectivity index (χ1) is 9.69. The van der Waals surface area contributed by atoms with Crippen LogP contribution in [0, 0.1) is 0 Å². The van der Waals surface area contributed by atoms with Crippen LogP contribution in [0.25, 0.3) is 11.2 Å². The van der Waals surface area contributed by atoms with Crippen molar-refractivity contribution < 1.29 is 0 Å². The van der Waals surface area contributed by atoms with Crippen molar-refractivity contribution in [3.05, 3.63) is 23.1 Å².